The van der Waals surface area contributed by atoms with Crippen LogP contribution < -0.4 is 0 Å². The third kappa shape index (κ3) is 2.10. The molecule has 3 fully saturated rings. The van der Waals surface area contributed by atoms with Gasteiger partial charge in [0, 0.05) is 5.41 Å². The molecule has 4 aliphatic carbocycles. The van der Waals surface area contributed by atoms with Crippen molar-refractivity contribution >= 4 is 21.7 Å². The number of hydrogen-bond donors (Lipinski definition) is 2. The fourth-order valence-electron chi connectivity index (χ4n) is 6.38. The quantitative estimate of drug-likeness (QED) is 0.499. The molecule has 0 radical (unpaired) electrons. The van der Waals surface area contributed by atoms with Gasteiger partial charge in [-0.05, 0) is 61.7 Å². The number of Topliss-reactive ketones (excluding diaryl/α,β-unsaturated/α-hetero) is 1. The van der Waals surface area contributed by atoms with Gasteiger partial charge in [0.25, 0.3) is 0 Å². The molecule has 4 aliphatic rings. The van der Waals surface area contributed by atoms with E-state index < -0.39 is 6.10 Å². The minimum absolute atomic E-state index is 0.0465. The Labute approximate surface area is 146 Å². The minimum atomic E-state index is -0.469. The van der Waals surface area contributed by atoms with E-state index in [4.69, 9.17) is 0 Å². The number of rotatable bonds is 0. The Morgan fingerprint density at radius 2 is 1.83 bits per heavy atom. The molecule has 0 bridgehead atoms. The van der Waals surface area contributed by atoms with Gasteiger partial charge >= 0.3 is 0 Å². The SMILES string of the molecule is CC12CCC3C(C(O)C=C4CC(O)CCC43C)C1CC(Br)C2=O. The molecule has 4 rings (SSSR count). The molecule has 0 heterocycles. The summed E-state index contributed by atoms with van der Waals surface area (Å²) >= 11 is 3.58. The molecule has 8 unspecified atom stereocenters. The van der Waals surface area contributed by atoms with E-state index in [1.165, 1.54) is 5.57 Å². The van der Waals surface area contributed by atoms with Crippen molar-refractivity contribution in [3.05, 3.63) is 11.6 Å². The van der Waals surface area contributed by atoms with Gasteiger partial charge in [-0.2, -0.15) is 0 Å². The second kappa shape index (κ2) is 5.15. The predicted molar refractivity (Wildman–Crippen MR) is 92.2 cm³/mol. The van der Waals surface area contributed by atoms with E-state index in [2.05, 4.69) is 29.8 Å². The maximum Gasteiger partial charge on any atom is 0.152 e. The van der Waals surface area contributed by atoms with Crippen molar-refractivity contribution in [2.24, 2.45) is 28.6 Å². The lowest BCUT2D eigenvalue weighted by atomic mass is 9.47. The minimum Gasteiger partial charge on any atom is -0.393 e. The van der Waals surface area contributed by atoms with Crippen LogP contribution in [0.2, 0.25) is 0 Å². The van der Waals surface area contributed by atoms with Crippen molar-refractivity contribution < 1.29 is 15.0 Å². The third-order valence-electron chi connectivity index (χ3n) is 7.80. The van der Waals surface area contributed by atoms with Crippen LogP contribution in [0, 0.1) is 28.6 Å². The highest BCUT2D eigenvalue weighted by atomic mass is 79.9. The summed E-state index contributed by atoms with van der Waals surface area (Å²) in [4.78, 5) is 12.6. The van der Waals surface area contributed by atoms with Crippen LogP contribution in [0.4, 0.5) is 0 Å². The molecular weight excluding hydrogens is 356 g/mol. The molecule has 23 heavy (non-hydrogen) atoms. The molecule has 0 amide bonds. The van der Waals surface area contributed by atoms with Gasteiger partial charge in [-0.3, -0.25) is 4.79 Å². The van der Waals surface area contributed by atoms with Crippen molar-refractivity contribution in [3.8, 4) is 0 Å². The smallest absolute Gasteiger partial charge is 0.152 e. The summed E-state index contributed by atoms with van der Waals surface area (Å²) in [6, 6.07) is 0. The summed E-state index contributed by atoms with van der Waals surface area (Å²) in [5, 5.41) is 20.9. The van der Waals surface area contributed by atoms with Gasteiger partial charge in [-0.15, -0.1) is 0 Å². The monoisotopic (exact) mass is 382 g/mol. The maximum absolute atomic E-state index is 12.7. The average molecular weight is 383 g/mol. The first-order chi connectivity index (χ1) is 10.8. The van der Waals surface area contributed by atoms with Crippen LogP contribution in [-0.4, -0.2) is 33.0 Å². The summed E-state index contributed by atoms with van der Waals surface area (Å²) in [6.07, 6.45) is 6.69. The van der Waals surface area contributed by atoms with Crippen molar-refractivity contribution in [1.82, 2.24) is 0 Å². The van der Waals surface area contributed by atoms with Gasteiger partial charge in [-0.25, -0.2) is 0 Å². The highest BCUT2D eigenvalue weighted by Crippen LogP contribution is 2.64. The first-order valence-electron chi connectivity index (χ1n) is 9.03. The number of aliphatic hydroxyl groups is 2. The first kappa shape index (κ1) is 16.3. The second-order valence-corrected chi connectivity index (χ2v) is 9.92. The van der Waals surface area contributed by atoms with Gasteiger partial charge < -0.3 is 10.2 Å². The number of ketones is 1. The number of alkyl halides is 1. The van der Waals surface area contributed by atoms with E-state index in [0.29, 0.717) is 18.1 Å². The van der Waals surface area contributed by atoms with Gasteiger partial charge in [0.15, 0.2) is 5.78 Å². The second-order valence-electron chi connectivity index (χ2n) is 8.81. The highest BCUT2D eigenvalue weighted by Gasteiger charge is 2.62. The fourth-order valence-corrected chi connectivity index (χ4v) is 7.31. The summed E-state index contributed by atoms with van der Waals surface area (Å²) in [5.41, 5.74) is 1.08. The molecule has 3 nitrogen and oxygen atoms in total. The van der Waals surface area contributed by atoms with Crippen LogP contribution in [-0.2, 0) is 4.79 Å². The molecule has 0 aromatic rings. The van der Waals surface area contributed by atoms with E-state index in [0.717, 1.165) is 32.1 Å². The maximum atomic E-state index is 12.7. The Kier molecular flexibility index (Phi) is 3.65. The van der Waals surface area contributed by atoms with Gasteiger partial charge in [0.2, 0.25) is 0 Å². The Bertz CT molecular complexity index is 573. The Morgan fingerprint density at radius 1 is 1.13 bits per heavy atom. The predicted octanol–water partition coefficient (Wildman–Crippen LogP) is 3.22. The molecule has 128 valence electrons. The lowest BCUT2D eigenvalue weighted by Crippen LogP contribution is -2.54. The summed E-state index contributed by atoms with van der Waals surface area (Å²) in [6.45, 7) is 4.45. The van der Waals surface area contributed by atoms with Crippen molar-refractivity contribution in [2.45, 2.75) is 69.4 Å². The topological polar surface area (TPSA) is 57.5 Å². The molecule has 0 aromatic heterocycles. The molecule has 0 aromatic carbocycles. The number of carbonyl (C=O) groups is 1. The fraction of sp³-hybridized carbons (Fsp3) is 0.842. The number of aliphatic hydroxyl groups excluding tert-OH is 2. The Hall–Kier alpha value is -0.190. The average Bonchev–Trinajstić information content (AvgIpc) is 2.73. The van der Waals surface area contributed by atoms with Crippen LogP contribution in [0.1, 0.15) is 52.4 Å². The van der Waals surface area contributed by atoms with Crippen LogP contribution in [0.3, 0.4) is 0 Å². The number of fused-ring (bicyclic) bond motifs is 5. The molecule has 0 saturated heterocycles. The van der Waals surface area contributed by atoms with E-state index in [9.17, 15) is 15.0 Å². The third-order valence-corrected chi connectivity index (χ3v) is 8.59. The van der Waals surface area contributed by atoms with Crippen LogP contribution >= 0.6 is 15.9 Å². The van der Waals surface area contributed by atoms with E-state index in [-0.39, 0.29) is 33.6 Å². The van der Waals surface area contributed by atoms with E-state index >= 15 is 0 Å². The zero-order valence-electron chi connectivity index (χ0n) is 14.0. The van der Waals surface area contributed by atoms with E-state index in [1.807, 2.05) is 6.08 Å². The van der Waals surface area contributed by atoms with Crippen molar-refractivity contribution in [3.63, 3.8) is 0 Å². The Morgan fingerprint density at radius 3 is 2.57 bits per heavy atom. The zero-order chi connectivity index (χ0) is 16.6. The molecule has 2 N–H and O–H groups in total. The van der Waals surface area contributed by atoms with Gasteiger partial charge in [-0.1, -0.05) is 41.4 Å². The normalized spacial score (nSPS) is 55.7. The lowest BCUT2D eigenvalue weighted by Gasteiger charge is -2.57. The van der Waals surface area contributed by atoms with E-state index in [1.54, 1.807) is 0 Å². The lowest BCUT2D eigenvalue weighted by molar-refractivity contribution is -0.135. The summed E-state index contributed by atoms with van der Waals surface area (Å²) in [7, 11) is 0. The Balaban J connectivity index is 1.75. The van der Waals surface area contributed by atoms with Crippen LogP contribution in [0.5, 0.6) is 0 Å². The standard InChI is InChI=1S/C19H27BrO3/c1-18-5-3-11(21)7-10(18)8-15(22)16-12(18)4-6-19(2)13(16)9-14(20)17(19)23/h8,11-16,21-22H,3-7,9H2,1-2H3. The summed E-state index contributed by atoms with van der Waals surface area (Å²) in [5.74, 6) is 1.24. The first-order valence-corrected chi connectivity index (χ1v) is 9.94. The number of hydrogen-bond acceptors (Lipinski definition) is 3. The van der Waals surface area contributed by atoms with Crippen molar-refractivity contribution in [2.75, 3.05) is 0 Å². The molecule has 4 heteroatoms. The van der Waals surface area contributed by atoms with Crippen molar-refractivity contribution in [1.29, 1.82) is 0 Å². The molecule has 0 spiro atoms. The molecule has 8 atom stereocenters. The number of halogens is 1. The zero-order valence-corrected chi connectivity index (χ0v) is 15.6. The molecular formula is C19H27BrO3. The molecule has 3 saturated carbocycles. The van der Waals surface area contributed by atoms with Gasteiger partial charge in [0.05, 0.1) is 17.0 Å². The van der Waals surface area contributed by atoms with Crippen LogP contribution in [0.25, 0.3) is 0 Å². The molecule has 0 aliphatic heterocycles. The van der Waals surface area contributed by atoms with Crippen LogP contribution in [0.15, 0.2) is 11.6 Å². The largest absolute Gasteiger partial charge is 0.393 e. The van der Waals surface area contributed by atoms with Gasteiger partial charge in [0.1, 0.15) is 0 Å². The number of carbonyl (C=O) groups excluding carboxylic acids is 1. The highest BCUT2D eigenvalue weighted by molar-refractivity contribution is 9.10. The summed E-state index contributed by atoms with van der Waals surface area (Å²) < 4.78 is 0.